The first-order valence-corrected chi connectivity index (χ1v) is 7.35. The molecule has 3 N–H and O–H groups in total. The van der Waals surface area contributed by atoms with Gasteiger partial charge in [0, 0.05) is 18.3 Å². The fourth-order valence-corrected chi connectivity index (χ4v) is 3.03. The van der Waals surface area contributed by atoms with Crippen LogP contribution in [-0.4, -0.2) is 13.4 Å². The minimum absolute atomic E-state index is 0.0469. The molecule has 1 aromatic carbocycles. The highest BCUT2D eigenvalue weighted by Gasteiger charge is 2.20. The highest BCUT2D eigenvalue weighted by molar-refractivity contribution is 7.92. The number of nitrogens with zero attached hydrogens (tertiary/aromatic N) is 1. The fourth-order valence-electron chi connectivity index (χ4n) is 1.72. The van der Waals surface area contributed by atoms with E-state index in [0.29, 0.717) is 5.56 Å². The van der Waals surface area contributed by atoms with Crippen LogP contribution >= 0.6 is 0 Å². The average molecular weight is 295 g/mol. The van der Waals surface area contributed by atoms with Crippen molar-refractivity contribution in [1.29, 1.82) is 0 Å². The molecule has 2 aromatic rings. The molecular formula is C13H14FN3O2S. The van der Waals surface area contributed by atoms with Gasteiger partial charge in [0.25, 0.3) is 10.0 Å². The van der Waals surface area contributed by atoms with E-state index in [1.54, 1.807) is 12.1 Å². The van der Waals surface area contributed by atoms with Crippen molar-refractivity contribution >= 4 is 15.8 Å². The zero-order chi connectivity index (χ0) is 14.8. The standard InChI is InChI=1S/C13H14FN3O2S/c1-9-11(14)6-10(8-15)7-12(9)20(18,19)17-13-4-2-3-5-16-13/h2-7H,8,15H2,1H3,(H,16,17). The van der Waals surface area contributed by atoms with Crippen molar-refractivity contribution in [3.05, 3.63) is 53.5 Å². The Balaban J connectivity index is 2.47. The molecule has 1 aromatic heterocycles. The highest BCUT2D eigenvalue weighted by atomic mass is 32.2. The summed E-state index contributed by atoms with van der Waals surface area (Å²) in [5.41, 5.74) is 5.90. The Morgan fingerprint density at radius 1 is 1.35 bits per heavy atom. The van der Waals surface area contributed by atoms with Crippen LogP contribution in [-0.2, 0) is 16.6 Å². The van der Waals surface area contributed by atoms with Crippen LogP contribution in [0.25, 0.3) is 0 Å². The van der Waals surface area contributed by atoms with Gasteiger partial charge in [-0.1, -0.05) is 6.07 Å². The van der Waals surface area contributed by atoms with E-state index < -0.39 is 15.8 Å². The van der Waals surface area contributed by atoms with E-state index in [2.05, 4.69) is 9.71 Å². The highest BCUT2D eigenvalue weighted by Crippen LogP contribution is 2.22. The third-order valence-electron chi connectivity index (χ3n) is 2.79. The second-order valence-electron chi connectivity index (χ2n) is 4.23. The lowest BCUT2D eigenvalue weighted by Gasteiger charge is -2.11. The Kier molecular flexibility index (Phi) is 4.01. The molecule has 2 rings (SSSR count). The third kappa shape index (κ3) is 2.94. The van der Waals surface area contributed by atoms with E-state index in [4.69, 9.17) is 5.73 Å². The monoisotopic (exact) mass is 295 g/mol. The van der Waals surface area contributed by atoms with Gasteiger partial charge in [-0.05, 0) is 36.8 Å². The number of rotatable bonds is 4. The summed E-state index contributed by atoms with van der Waals surface area (Å²) in [4.78, 5) is 3.74. The Morgan fingerprint density at radius 3 is 2.70 bits per heavy atom. The molecule has 0 fully saturated rings. The second kappa shape index (κ2) is 5.56. The van der Waals surface area contributed by atoms with Crippen LogP contribution in [0.2, 0.25) is 0 Å². The van der Waals surface area contributed by atoms with E-state index in [9.17, 15) is 12.8 Å². The van der Waals surface area contributed by atoms with Crippen LogP contribution in [0.15, 0.2) is 41.4 Å². The topological polar surface area (TPSA) is 85.1 Å². The van der Waals surface area contributed by atoms with Crippen LogP contribution < -0.4 is 10.5 Å². The number of nitrogens with two attached hydrogens (primary N) is 1. The van der Waals surface area contributed by atoms with Crippen molar-refractivity contribution in [1.82, 2.24) is 4.98 Å². The maximum Gasteiger partial charge on any atom is 0.263 e. The molecule has 0 atom stereocenters. The molecule has 5 nitrogen and oxygen atoms in total. The van der Waals surface area contributed by atoms with Gasteiger partial charge < -0.3 is 5.73 Å². The summed E-state index contributed by atoms with van der Waals surface area (Å²) < 4.78 is 40.6. The molecule has 0 spiro atoms. The Bertz CT molecular complexity index is 718. The minimum Gasteiger partial charge on any atom is -0.326 e. The summed E-state index contributed by atoms with van der Waals surface area (Å²) in [6.45, 7) is 1.46. The fraction of sp³-hybridized carbons (Fsp3) is 0.154. The first-order chi connectivity index (χ1) is 9.44. The molecule has 7 heteroatoms. The Morgan fingerprint density at radius 2 is 2.10 bits per heavy atom. The van der Waals surface area contributed by atoms with Crippen molar-refractivity contribution in [2.75, 3.05) is 4.72 Å². The number of sulfonamides is 1. The molecule has 0 saturated heterocycles. The van der Waals surface area contributed by atoms with E-state index in [1.165, 1.54) is 31.3 Å². The summed E-state index contributed by atoms with van der Waals surface area (Å²) in [5, 5.41) is 0. The molecule has 0 aliphatic rings. The molecule has 0 saturated carbocycles. The molecule has 0 aliphatic carbocycles. The maximum absolute atomic E-state index is 13.7. The Labute approximate surface area is 116 Å². The van der Waals surface area contributed by atoms with Crippen molar-refractivity contribution in [2.45, 2.75) is 18.4 Å². The zero-order valence-electron chi connectivity index (χ0n) is 10.8. The molecular weight excluding hydrogens is 281 g/mol. The number of halogens is 1. The van der Waals surface area contributed by atoms with Crippen molar-refractivity contribution in [3.8, 4) is 0 Å². The zero-order valence-corrected chi connectivity index (χ0v) is 11.6. The van der Waals surface area contributed by atoms with E-state index in [-0.39, 0.29) is 22.8 Å². The second-order valence-corrected chi connectivity index (χ2v) is 5.88. The van der Waals surface area contributed by atoms with Gasteiger partial charge in [0.2, 0.25) is 0 Å². The van der Waals surface area contributed by atoms with Crippen molar-refractivity contribution in [3.63, 3.8) is 0 Å². The van der Waals surface area contributed by atoms with E-state index in [1.807, 2.05) is 0 Å². The lowest BCUT2D eigenvalue weighted by Crippen LogP contribution is -2.16. The molecule has 106 valence electrons. The van der Waals surface area contributed by atoms with Crippen LogP contribution in [0.3, 0.4) is 0 Å². The lowest BCUT2D eigenvalue weighted by atomic mass is 10.1. The maximum atomic E-state index is 13.7. The van der Waals surface area contributed by atoms with Crippen LogP contribution in [0.4, 0.5) is 10.2 Å². The van der Waals surface area contributed by atoms with Gasteiger partial charge in [-0.25, -0.2) is 17.8 Å². The third-order valence-corrected chi connectivity index (χ3v) is 4.27. The summed E-state index contributed by atoms with van der Waals surface area (Å²) in [5.74, 6) is -0.431. The quantitative estimate of drug-likeness (QED) is 0.900. The number of pyridine rings is 1. The number of benzene rings is 1. The predicted octanol–water partition coefficient (Wildman–Crippen LogP) is 1.79. The van der Waals surface area contributed by atoms with Gasteiger partial charge >= 0.3 is 0 Å². The number of hydrogen-bond acceptors (Lipinski definition) is 4. The normalized spacial score (nSPS) is 11.3. The van der Waals surface area contributed by atoms with Crippen molar-refractivity contribution in [2.24, 2.45) is 5.73 Å². The number of hydrogen-bond donors (Lipinski definition) is 2. The van der Waals surface area contributed by atoms with Gasteiger partial charge in [-0.3, -0.25) is 4.72 Å². The number of anilines is 1. The first-order valence-electron chi connectivity index (χ1n) is 5.87. The summed E-state index contributed by atoms with van der Waals surface area (Å²) >= 11 is 0. The molecule has 20 heavy (non-hydrogen) atoms. The summed E-state index contributed by atoms with van der Waals surface area (Å²) in [6, 6.07) is 7.42. The van der Waals surface area contributed by atoms with Crippen LogP contribution in [0.5, 0.6) is 0 Å². The van der Waals surface area contributed by atoms with Crippen LogP contribution in [0, 0.1) is 12.7 Å². The Hall–Kier alpha value is -1.99. The van der Waals surface area contributed by atoms with E-state index >= 15 is 0 Å². The van der Waals surface area contributed by atoms with Gasteiger partial charge in [-0.2, -0.15) is 0 Å². The largest absolute Gasteiger partial charge is 0.326 e. The summed E-state index contributed by atoms with van der Waals surface area (Å²) in [7, 11) is -3.91. The lowest BCUT2D eigenvalue weighted by molar-refractivity contribution is 0.589. The number of nitrogens with one attached hydrogen (secondary N) is 1. The van der Waals surface area contributed by atoms with Gasteiger partial charge in [-0.15, -0.1) is 0 Å². The van der Waals surface area contributed by atoms with Gasteiger partial charge in [0.1, 0.15) is 11.6 Å². The predicted molar refractivity (Wildman–Crippen MR) is 74.1 cm³/mol. The van der Waals surface area contributed by atoms with Gasteiger partial charge in [0.15, 0.2) is 0 Å². The molecule has 0 unspecified atom stereocenters. The van der Waals surface area contributed by atoms with Crippen molar-refractivity contribution < 1.29 is 12.8 Å². The first kappa shape index (κ1) is 14.4. The number of aromatic nitrogens is 1. The molecule has 0 aliphatic heterocycles. The summed E-state index contributed by atoms with van der Waals surface area (Å²) in [6.07, 6.45) is 1.46. The molecule has 1 heterocycles. The molecule has 0 amide bonds. The molecule has 0 bridgehead atoms. The van der Waals surface area contributed by atoms with E-state index in [0.717, 1.165) is 0 Å². The van der Waals surface area contributed by atoms with Crippen LogP contribution in [0.1, 0.15) is 11.1 Å². The average Bonchev–Trinajstić information content (AvgIpc) is 2.42. The smallest absolute Gasteiger partial charge is 0.263 e. The minimum atomic E-state index is -3.91. The SMILES string of the molecule is Cc1c(F)cc(CN)cc1S(=O)(=O)Nc1ccccn1. The molecule has 0 radical (unpaired) electrons. The van der Waals surface area contributed by atoms with Gasteiger partial charge in [0.05, 0.1) is 4.90 Å².